The fourth-order valence-electron chi connectivity index (χ4n) is 2.28. The second-order valence-electron chi connectivity index (χ2n) is 5.56. The summed E-state index contributed by atoms with van der Waals surface area (Å²) < 4.78 is 1.36. The number of phenols is 1. The first kappa shape index (κ1) is 18.5. The van der Waals surface area contributed by atoms with E-state index in [9.17, 15) is 9.90 Å². The van der Waals surface area contributed by atoms with Crippen molar-refractivity contribution in [2.24, 2.45) is 0 Å². The molecule has 0 aliphatic heterocycles. The Kier molecular flexibility index (Phi) is 5.36. The van der Waals surface area contributed by atoms with Crippen molar-refractivity contribution >= 4 is 40.7 Å². The van der Waals surface area contributed by atoms with E-state index in [4.69, 9.17) is 34.8 Å². The summed E-state index contributed by atoms with van der Waals surface area (Å²) in [6.07, 6.45) is 1.38. The van der Waals surface area contributed by atoms with Gasteiger partial charge in [-0.1, -0.05) is 46.9 Å². The molecule has 1 heterocycles. The van der Waals surface area contributed by atoms with Crippen LogP contribution in [0.5, 0.6) is 5.75 Å². The zero-order valence-corrected chi connectivity index (χ0v) is 15.8. The van der Waals surface area contributed by atoms with Crippen molar-refractivity contribution < 1.29 is 9.90 Å². The summed E-state index contributed by atoms with van der Waals surface area (Å²) in [7, 11) is 1.66. The molecular formula is C17H13Cl3N4O2. The molecule has 0 saturated heterocycles. The van der Waals surface area contributed by atoms with Gasteiger partial charge in [-0.15, -0.1) is 5.10 Å². The van der Waals surface area contributed by atoms with Gasteiger partial charge in [-0.25, -0.2) is 9.67 Å². The number of carbonyl (C=O) groups excluding carboxylic acids is 1. The lowest BCUT2D eigenvalue weighted by atomic mass is 10.2. The van der Waals surface area contributed by atoms with E-state index in [-0.39, 0.29) is 27.5 Å². The molecule has 0 aliphatic rings. The molecule has 2 aromatic carbocycles. The highest BCUT2D eigenvalue weighted by Crippen LogP contribution is 2.33. The highest BCUT2D eigenvalue weighted by Gasteiger charge is 2.18. The third kappa shape index (κ3) is 3.93. The van der Waals surface area contributed by atoms with E-state index in [1.54, 1.807) is 19.2 Å². The van der Waals surface area contributed by atoms with Crippen LogP contribution in [0.4, 0.5) is 0 Å². The predicted octanol–water partition coefficient (Wildman–Crippen LogP) is 4.21. The molecule has 0 fully saturated rings. The van der Waals surface area contributed by atoms with Crippen molar-refractivity contribution in [3.05, 3.63) is 69.2 Å². The van der Waals surface area contributed by atoms with Crippen LogP contribution in [0.3, 0.4) is 0 Å². The highest BCUT2D eigenvalue weighted by atomic mass is 35.5. The smallest absolute Gasteiger partial charge is 0.293 e. The van der Waals surface area contributed by atoms with Crippen LogP contribution in [0, 0.1) is 0 Å². The van der Waals surface area contributed by atoms with Crippen molar-refractivity contribution in [1.29, 1.82) is 0 Å². The molecule has 0 spiro atoms. The molecule has 0 saturated carbocycles. The largest absolute Gasteiger partial charge is 0.505 e. The predicted molar refractivity (Wildman–Crippen MR) is 100 cm³/mol. The standard InChI is InChI=1S/C17H13Cl3N4O2/c1-23(8-10-2-4-11(18)5-3-10)17(26)16-21-9-24(22-16)12-6-13(19)15(25)14(20)7-12/h2-7,9,25H,8H2,1H3. The van der Waals surface area contributed by atoms with E-state index in [1.165, 1.54) is 28.0 Å². The molecule has 0 bridgehead atoms. The van der Waals surface area contributed by atoms with Crippen LogP contribution in [0.15, 0.2) is 42.7 Å². The fourth-order valence-corrected chi connectivity index (χ4v) is 2.88. The lowest BCUT2D eigenvalue weighted by Gasteiger charge is -2.15. The van der Waals surface area contributed by atoms with Crippen molar-refractivity contribution in [2.45, 2.75) is 6.54 Å². The number of hydrogen-bond acceptors (Lipinski definition) is 4. The number of aromatic hydroxyl groups is 1. The minimum Gasteiger partial charge on any atom is -0.505 e. The summed E-state index contributed by atoms with van der Waals surface area (Å²) in [5.41, 5.74) is 1.41. The number of carbonyl (C=O) groups is 1. The Morgan fingerprint density at radius 3 is 2.38 bits per heavy atom. The molecule has 6 nitrogen and oxygen atoms in total. The molecule has 0 atom stereocenters. The zero-order chi connectivity index (χ0) is 18.8. The average Bonchev–Trinajstić information content (AvgIpc) is 3.10. The Morgan fingerprint density at radius 1 is 1.15 bits per heavy atom. The minimum atomic E-state index is -0.338. The first-order valence-electron chi connectivity index (χ1n) is 7.45. The number of amides is 1. The van der Waals surface area contributed by atoms with Crippen LogP contribution < -0.4 is 0 Å². The lowest BCUT2D eigenvalue weighted by molar-refractivity contribution is 0.0773. The van der Waals surface area contributed by atoms with E-state index >= 15 is 0 Å². The second-order valence-corrected chi connectivity index (χ2v) is 6.81. The van der Waals surface area contributed by atoms with E-state index < -0.39 is 0 Å². The second kappa shape index (κ2) is 7.53. The third-order valence-electron chi connectivity index (χ3n) is 3.63. The van der Waals surface area contributed by atoms with Gasteiger partial charge in [-0.3, -0.25) is 4.79 Å². The Hall–Kier alpha value is -2.28. The number of hydrogen-bond donors (Lipinski definition) is 1. The quantitative estimate of drug-likeness (QED) is 0.698. The van der Waals surface area contributed by atoms with Crippen LogP contribution >= 0.6 is 34.8 Å². The number of phenolic OH excluding ortho intramolecular Hbond substituents is 1. The topological polar surface area (TPSA) is 71.2 Å². The lowest BCUT2D eigenvalue weighted by Crippen LogP contribution is -2.27. The van der Waals surface area contributed by atoms with Gasteiger partial charge >= 0.3 is 0 Å². The van der Waals surface area contributed by atoms with E-state index in [2.05, 4.69) is 10.1 Å². The van der Waals surface area contributed by atoms with Crippen LogP contribution in [0.2, 0.25) is 15.1 Å². The normalized spacial score (nSPS) is 10.8. The third-order valence-corrected chi connectivity index (χ3v) is 4.46. The maximum atomic E-state index is 12.5. The fraction of sp³-hybridized carbons (Fsp3) is 0.118. The molecule has 9 heteroatoms. The molecule has 1 amide bonds. The Labute approximate surface area is 164 Å². The Bertz CT molecular complexity index is 934. The summed E-state index contributed by atoms with van der Waals surface area (Å²) in [5.74, 6) is -0.521. The Balaban J connectivity index is 1.78. The molecule has 0 aliphatic carbocycles. The summed E-state index contributed by atoms with van der Waals surface area (Å²) in [6.45, 7) is 0.390. The summed E-state index contributed by atoms with van der Waals surface area (Å²) in [4.78, 5) is 18.1. The van der Waals surface area contributed by atoms with Crippen LogP contribution in [-0.2, 0) is 6.54 Å². The molecule has 1 N–H and O–H groups in total. The average molecular weight is 412 g/mol. The maximum Gasteiger partial charge on any atom is 0.293 e. The number of aromatic nitrogens is 3. The summed E-state index contributed by atoms with van der Waals surface area (Å²) >= 11 is 17.7. The zero-order valence-electron chi connectivity index (χ0n) is 13.5. The SMILES string of the molecule is CN(Cc1ccc(Cl)cc1)C(=O)c1ncn(-c2cc(Cl)c(O)c(Cl)c2)n1. The number of rotatable bonds is 4. The summed E-state index contributed by atoms with van der Waals surface area (Å²) in [5, 5.41) is 14.6. The monoisotopic (exact) mass is 410 g/mol. The molecule has 1 aromatic heterocycles. The maximum absolute atomic E-state index is 12.5. The van der Waals surface area contributed by atoms with Gasteiger partial charge in [0.15, 0.2) is 5.75 Å². The van der Waals surface area contributed by atoms with Gasteiger partial charge in [0.05, 0.1) is 15.7 Å². The van der Waals surface area contributed by atoms with Crippen molar-refractivity contribution in [1.82, 2.24) is 19.7 Å². The van der Waals surface area contributed by atoms with Gasteiger partial charge in [-0.2, -0.15) is 0 Å². The van der Waals surface area contributed by atoms with Gasteiger partial charge in [0.2, 0.25) is 5.82 Å². The van der Waals surface area contributed by atoms with E-state index in [0.717, 1.165) is 5.56 Å². The van der Waals surface area contributed by atoms with Gasteiger partial charge < -0.3 is 10.0 Å². The number of benzene rings is 2. The Morgan fingerprint density at radius 2 is 1.77 bits per heavy atom. The van der Waals surface area contributed by atoms with Crippen molar-refractivity contribution in [3.63, 3.8) is 0 Å². The van der Waals surface area contributed by atoms with E-state index in [1.807, 2.05) is 12.1 Å². The molecule has 3 rings (SSSR count). The molecule has 26 heavy (non-hydrogen) atoms. The van der Waals surface area contributed by atoms with Crippen molar-refractivity contribution in [3.8, 4) is 11.4 Å². The molecule has 134 valence electrons. The van der Waals surface area contributed by atoms with Gasteiger partial charge in [-0.05, 0) is 29.8 Å². The van der Waals surface area contributed by atoms with Gasteiger partial charge in [0.1, 0.15) is 6.33 Å². The number of nitrogens with zero attached hydrogens (tertiary/aromatic N) is 4. The van der Waals surface area contributed by atoms with Gasteiger partial charge in [0, 0.05) is 18.6 Å². The van der Waals surface area contributed by atoms with E-state index in [0.29, 0.717) is 17.3 Å². The first-order chi connectivity index (χ1) is 12.3. The van der Waals surface area contributed by atoms with Crippen molar-refractivity contribution in [2.75, 3.05) is 7.05 Å². The summed E-state index contributed by atoms with van der Waals surface area (Å²) in [6, 6.07) is 10.2. The molecule has 0 radical (unpaired) electrons. The molecule has 3 aromatic rings. The molecular weight excluding hydrogens is 399 g/mol. The first-order valence-corrected chi connectivity index (χ1v) is 8.58. The van der Waals surface area contributed by atoms with Crippen LogP contribution in [-0.4, -0.2) is 37.7 Å². The van der Waals surface area contributed by atoms with Crippen LogP contribution in [0.1, 0.15) is 16.2 Å². The number of halogens is 3. The van der Waals surface area contributed by atoms with Gasteiger partial charge in [0.25, 0.3) is 5.91 Å². The highest BCUT2D eigenvalue weighted by molar-refractivity contribution is 6.37. The molecule has 0 unspecified atom stereocenters. The minimum absolute atomic E-state index is 0.0294. The van der Waals surface area contributed by atoms with Crippen LogP contribution in [0.25, 0.3) is 5.69 Å².